The zero-order valence-corrected chi connectivity index (χ0v) is 18.6. The fourth-order valence-corrected chi connectivity index (χ4v) is 4.49. The van der Waals surface area contributed by atoms with Crippen LogP contribution in [-0.2, 0) is 6.54 Å². The van der Waals surface area contributed by atoms with Gasteiger partial charge in [0.15, 0.2) is 0 Å². The number of aryl methyl sites for hydroxylation is 1. The lowest BCUT2D eigenvalue weighted by atomic mass is 9.97. The molecule has 1 N–H and O–H groups in total. The Hall–Kier alpha value is -3.76. The van der Waals surface area contributed by atoms with Crippen LogP contribution in [0.4, 0.5) is 0 Å². The summed E-state index contributed by atoms with van der Waals surface area (Å²) < 4.78 is 8.26. The monoisotopic (exact) mass is 455 g/mol. The van der Waals surface area contributed by atoms with Gasteiger partial charge in [-0.25, -0.2) is 4.79 Å². The normalized spacial score (nSPS) is 11.2. The van der Waals surface area contributed by atoms with Crippen molar-refractivity contribution >= 4 is 39.2 Å². The van der Waals surface area contributed by atoms with Crippen LogP contribution in [0.15, 0.2) is 91.1 Å². The predicted molar refractivity (Wildman–Crippen MR) is 133 cm³/mol. The summed E-state index contributed by atoms with van der Waals surface area (Å²) >= 11 is 6.19. The first kappa shape index (κ1) is 21.1. The molecular formula is C28H22ClNO3. The summed E-state index contributed by atoms with van der Waals surface area (Å²) in [6, 6.07) is 27.2. The Labute approximate surface area is 196 Å². The molecule has 0 amide bonds. The van der Waals surface area contributed by atoms with E-state index in [4.69, 9.17) is 16.3 Å². The van der Waals surface area contributed by atoms with E-state index in [0.29, 0.717) is 17.2 Å². The van der Waals surface area contributed by atoms with Crippen molar-refractivity contribution in [2.75, 3.05) is 6.61 Å². The van der Waals surface area contributed by atoms with Crippen molar-refractivity contribution in [1.82, 2.24) is 4.57 Å². The van der Waals surface area contributed by atoms with Crippen LogP contribution < -0.4 is 4.74 Å². The van der Waals surface area contributed by atoms with Gasteiger partial charge in [0.25, 0.3) is 0 Å². The van der Waals surface area contributed by atoms with Crippen LogP contribution >= 0.6 is 11.6 Å². The van der Waals surface area contributed by atoms with Crippen LogP contribution in [0.3, 0.4) is 0 Å². The Kier molecular flexibility index (Phi) is 5.76. The van der Waals surface area contributed by atoms with Gasteiger partial charge in [0.1, 0.15) is 5.75 Å². The van der Waals surface area contributed by atoms with Gasteiger partial charge < -0.3 is 14.4 Å². The Morgan fingerprint density at radius 1 is 0.879 bits per heavy atom. The average molecular weight is 456 g/mol. The van der Waals surface area contributed by atoms with Crippen LogP contribution in [0.2, 0.25) is 5.02 Å². The van der Waals surface area contributed by atoms with Crippen molar-refractivity contribution in [3.8, 4) is 16.9 Å². The Bertz CT molecular complexity index is 1470. The van der Waals surface area contributed by atoms with E-state index in [1.165, 1.54) is 5.39 Å². The number of hydrogen-bond acceptors (Lipinski definition) is 2. The molecule has 5 rings (SSSR count). The number of halogens is 1. The SMILES string of the molecule is O=C(O)c1ccc(Cl)cc1-c1cccc2c1ccn2CCCOc1cccc2ccccc12. The maximum absolute atomic E-state index is 11.8. The number of fused-ring (bicyclic) bond motifs is 2. The molecule has 0 bridgehead atoms. The molecule has 0 radical (unpaired) electrons. The van der Waals surface area contributed by atoms with Gasteiger partial charge in [0.2, 0.25) is 0 Å². The first-order chi connectivity index (χ1) is 16.1. The summed E-state index contributed by atoms with van der Waals surface area (Å²) in [6.07, 6.45) is 2.88. The quantitative estimate of drug-likeness (QED) is 0.262. The molecule has 33 heavy (non-hydrogen) atoms. The molecular weight excluding hydrogens is 434 g/mol. The number of benzene rings is 4. The van der Waals surface area contributed by atoms with Crippen molar-refractivity contribution in [3.63, 3.8) is 0 Å². The first-order valence-corrected chi connectivity index (χ1v) is 11.2. The number of aromatic nitrogens is 1. The molecule has 0 unspecified atom stereocenters. The zero-order valence-electron chi connectivity index (χ0n) is 17.9. The highest BCUT2D eigenvalue weighted by Gasteiger charge is 2.15. The van der Waals surface area contributed by atoms with E-state index in [1.54, 1.807) is 18.2 Å². The number of ether oxygens (including phenoxy) is 1. The standard InChI is InChI=1S/C28H22ClNO3/c29-20-12-13-24(28(31)32)25(18-20)22-9-4-10-26-23(22)14-16-30(26)15-5-17-33-27-11-3-7-19-6-1-2-8-21(19)27/h1-4,6-14,16,18H,5,15,17H2,(H,31,32). The Balaban J connectivity index is 1.36. The molecule has 0 aliphatic carbocycles. The van der Waals surface area contributed by atoms with Crippen molar-refractivity contribution in [1.29, 1.82) is 0 Å². The lowest BCUT2D eigenvalue weighted by Crippen LogP contribution is -2.04. The number of rotatable bonds is 7. The number of hydrogen-bond donors (Lipinski definition) is 1. The van der Waals surface area contributed by atoms with Crippen molar-refractivity contribution in [3.05, 3.63) is 102 Å². The third-order valence-corrected chi connectivity index (χ3v) is 6.10. The van der Waals surface area contributed by atoms with E-state index in [2.05, 4.69) is 28.8 Å². The lowest BCUT2D eigenvalue weighted by molar-refractivity contribution is 0.0697. The summed E-state index contributed by atoms with van der Waals surface area (Å²) in [5.74, 6) is -0.0707. The van der Waals surface area contributed by atoms with Crippen LogP contribution in [-0.4, -0.2) is 22.2 Å². The van der Waals surface area contributed by atoms with Gasteiger partial charge in [-0.1, -0.05) is 60.1 Å². The smallest absolute Gasteiger partial charge is 0.336 e. The highest BCUT2D eigenvalue weighted by molar-refractivity contribution is 6.31. The van der Waals surface area contributed by atoms with E-state index in [1.807, 2.05) is 48.7 Å². The maximum Gasteiger partial charge on any atom is 0.336 e. The minimum atomic E-state index is -0.969. The van der Waals surface area contributed by atoms with Gasteiger partial charge in [-0.05, 0) is 59.3 Å². The Morgan fingerprint density at radius 2 is 1.70 bits per heavy atom. The highest BCUT2D eigenvalue weighted by Crippen LogP contribution is 2.34. The fourth-order valence-electron chi connectivity index (χ4n) is 4.32. The first-order valence-electron chi connectivity index (χ1n) is 10.8. The lowest BCUT2D eigenvalue weighted by Gasteiger charge is -2.11. The second-order valence-corrected chi connectivity index (χ2v) is 8.36. The van der Waals surface area contributed by atoms with Crippen molar-refractivity contribution in [2.24, 2.45) is 0 Å². The molecule has 4 nitrogen and oxygen atoms in total. The zero-order chi connectivity index (χ0) is 22.8. The summed E-state index contributed by atoms with van der Waals surface area (Å²) in [5, 5.41) is 13.4. The van der Waals surface area contributed by atoms with E-state index in [0.717, 1.165) is 40.6 Å². The van der Waals surface area contributed by atoms with E-state index in [9.17, 15) is 9.90 Å². The minimum absolute atomic E-state index is 0.239. The predicted octanol–water partition coefficient (Wildman–Crippen LogP) is 7.28. The maximum atomic E-state index is 11.8. The molecule has 0 fully saturated rings. The van der Waals surface area contributed by atoms with E-state index >= 15 is 0 Å². The molecule has 0 atom stereocenters. The number of carboxylic acid groups (broad SMARTS) is 1. The molecule has 5 heteroatoms. The molecule has 0 spiro atoms. The molecule has 0 aliphatic rings. The van der Waals surface area contributed by atoms with Gasteiger partial charge in [0, 0.05) is 34.1 Å². The van der Waals surface area contributed by atoms with Crippen LogP contribution in [0.1, 0.15) is 16.8 Å². The third-order valence-electron chi connectivity index (χ3n) is 5.87. The number of aromatic carboxylic acids is 1. The van der Waals surface area contributed by atoms with E-state index in [-0.39, 0.29) is 5.56 Å². The average Bonchev–Trinajstić information content (AvgIpc) is 3.25. The topological polar surface area (TPSA) is 51.5 Å². The molecule has 4 aromatic carbocycles. The van der Waals surface area contributed by atoms with Crippen LogP contribution in [0.5, 0.6) is 5.75 Å². The van der Waals surface area contributed by atoms with Crippen LogP contribution in [0, 0.1) is 0 Å². The van der Waals surface area contributed by atoms with Gasteiger partial charge in [-0.2, -0.15) is 0 Å². The van der Waals surface area contributed by atoms with Gasteiger partial charge in [-0.15, -0.1) is 0 Å². The van der Waals surface area contributed by atoms with E-state index < -0.39 is 5.97 Å². The second kappa shape index (κ2) is 9.00. The second-order valence-electron chi connectivity index (χ2n) is 7.92. The molecule has 0 saturated carbocycles. The van der Waals surface area contributed by atoms with Crippen LogP contribution in [0.25, 0.3) is 32.8 Å². The molecule has 0 aliphatic heterocycles. The van der Waals surface area contributed by atoms with Crippen molar-refractivity contribution < 1.29 is 14.6 Å². The highest BCUT2D eigenvalue weighted by atomic mass is 35.5. The molecule has 5 aromatic rings. The molecule has 0 saturated heterocycles. The van der Waals surface area contributed by atoms with Gasteiger partial charge in [-0.3, -0.25) is 0 Å². The van der Waals surface area contributed by atoms with Gasteiger partial charge in [0.05, 0.1) is 12.2 Å². The minimum Gasteiger partial charge on any atom is -0.493 e. The third kappa shape index (κ3) is 4.18. The largest absolute Gasteiger partial charge is 0.493 e. The fraction of sp³-hybridized carbons (Fsp3) is 0.107. The molecule has 164 valence electrons. The van der Waals surface area contributed by atoms with Gasteiger partial charge >= 0.3 is 5.97 Å². The summed E-state index contributed by atoms with van der Waals surface area (Å²) in [6.45, 7) is 1.39. The Morgan fingerprint density at radius 3 is 2.58 bits per heavy atom. The molecule has 1 aromatic heterocycles. The molecule has 1 heterocycles. The summed E-state index contributed by atoms with van der Waals surface area (Å²) in [7, 11) is 0. The number of carboxylic acids is 1. The number of nitrogens with zero attached hydrogens (tertiary/aromatic N) is 1. The van der Waals surface area contributed by atoms with Crippen molar-refractivity contribution in [2.45, 2.75) is 13.0 Å². The summed E-state index contributed by atoms with van der Waals surface area (Å²) in [4.78, 5) is 11.8. The summed E-state index contributed by atoms with van der Waals surface area (Å²) in [5.41, 5.74) is 2.77. The number of carbonyl (C=O) groups is 1.